The number of ether oxygens (including phenoxy) is 1. The van der Waals surface area contributed by atoms with Gasteiger partial charge in [-0.1, -0.05) is 11.6 Å². The van der Waals surface area contributed by atoms with Gasteiger partial charge in [0.05, 0.1) is 26.9 Å². The maximum absolute atomic E-state index is 12.9. The highest BCUT2D eigenvalue weighted by molar-refractivity contribution is 7.18. The quantitative estimate of drug-likeness (QED) is 0.589. The number of rotatable bonds is 4. The Kier molecular flexibility index (Phi) is 4.83. The minimum Gasteiger partial charge on any atom is -0.462 e. The third kappa shape index (κ3) is 3.15. The van der Waals surface area contributed by atoms with Crippen LogP contribution in [0.2, 0.25) is 4.34 Å². The Bertz CT molecular complexity index is 790. The molecule has 1 atom stereocenters. The summed E-state index contributed by atoms with van der Waals surface area (Å²) in [5.74, 6) is -0.538. The molecule has 0 amide bonds. The van der Waals surface area contributed by atoms with E-state index in [9.17, 15) is 9.59 Å². The molecule has 2 aromatic rings. The monoisotopic (exact) mass is 365 g/mol. The molecular formula is C18H20ClNO3S. The summed E-state index contributed by atoms with van der Waals surface area (Å²) in [6.45, 7) is 6.36. The normalized spacial score (nSPS) is 17.0. The molecule has 2 aromatic heterocycles. The van der Waals surface area contributed by atoms with Gasteiger partial charge >= 0.3 is 5.97 Å². The van der Waals surface area contributed by atoms with Gasteiger partial charge in [0, 0.05) is 12.2 Å². The van der Waals surface area contributed by atoms with E-state index in [-0.39, 0.29) is 23.8 Å². The Balaban J connectivity index is 1.98. The molecule has 0 saturated heterocycles. The SMILES string of the molecule is Cc1cc2n(c1C(=O)c1ccc(Cl)s1)CCCC2C(=O)OC(C)C. The smallest absolute Gasteiger partial charge is 0.315 e. The van der Waals surface area contributed by atoms with Gasteiger partial charge in [-0.2, -0.15) is 0 Å². The number of hydrogen-bond donors (Lipinski definition) is 0. The molecule has 0 aliphatic carbocycles. The van der Waals surface area contributed by atoms with E-state index < -0.39 is 0 Å². The number of hydrogen-bond acceptors (Lipinski definition) is 4. The van der Waals surface area contributed by atoms with E-state index in [2.05, 4.69) is 0 Å². The molecule has 0 bridgehead atoms. The predicted octanol–water partition coefficient (Wildman–Crippen LogP) is 4.57. The average molecular weight is 366 g/mol. The van der Waals surface area contributed by atoms with Gasteiger partial charge in [-0.25, -0.2) is 0 Å². The summed E-state index contributed by atoms with van der Waals surface area (Å²) in [5, 5.41) is 0. The van der Waals surface area contributed by atoms with Crippen LogP contribution in [0.4, 0.5) is 0 Å². The van der Waals surface area contributed by atoms with Crippen LogP contribution < -0.4 is 0 Å². The molecule has 1 unspecified atom stereocenters. The van der Waals surface area contributed by atoms with Crippen LogP contribution in [0.3, 0.4) is 0 Å². The Labute approximate surface area is 150 Å². The number of aryl methyl sites for hydroxylation is 1. The largest absolute Gasteiger partial charge is 0.462 e. The number of ketones is 1. The van der Waals surface area contributed by atoms with Crippen molar-refractivity contribution < 1.29 is 14.3 Å². The molecule has 24 heavy (non-hydrogen) atoms. The van der Waals surface area contributed by atoms with E-state index in [0.717, 1.165) is 30.6 Å². The fourth-order valence-corrected chi connectivity index (χ4v) is 4.23. The van der Waals surface area contributed by atoms with Gasteiger partial charge in [0.15, 0.2) is 0 Å². The van der Waals surface area contributed by atoms with Gasteiger partial charge < -0.3 is 9.30 Å². The number of carbonyl (C=O) groups excluding carboxylic acids is 2. The Morgan fingerprint density at radius 2 is 2.12 bits per heavy atom. The third-order valence-electron chi connectivity index (χ3n) is 4.20. The van der Waals surface area contributed by atoms with Crippen LogP contribution in [0.1, 0.15) is 59.2 Å². The van der Waals surface area contributed by atoms with Gasteiger partial charge in [0.2, 0.25) is 5.78 Å². The molecule has 0 spiro atoms. The zero-order valence-corrected chi connectivity index (χ0v) is 15.5. The minimum atomic E-state index is -0.298. The molecule has 0 aromatic carbocycles. The summed E-state index contributed by atoms with van der Waals surface area (Å²) in [4.78, 5) is 25.9. The summed E-state index contributed by atoms with van der Waals surface area (Å²) in [6.07, 6.45) is 1.47. The lowest BCUT2D eigenvalue weighted by Crippen LogP contribution is -2.27. The number of halogens is 1. The average Bonchev–Trinajstić information content (AvgIpc) is 3.08. The highest BCUT2D eigenvalue weighted by Crippen LogP contribution is 2.34. The van der Waals surface area contributed by atoms with Crippen molar-refractivity contribution in [3.63, 3.8) is 0 Å². The predicted molar refractivity (Wildman–Crippen MR) is 95.1 cm³/mol. The molecule has 0 radical (unpaired) electrons. The fourth-order valence-electron chi connectivity index (χ4n) is 3.25. The maximum Gasteiger partial charge on any atom is 0.315 e. The molecule has 1 aliphatic heterocycles. The Hall–Kier alpha value is -1.59. The number of aromatic nitrogens is 1. The first-order chi connectivity index (χ1) is 11.4. The summed E-state index contributed by atoms with van der Waals surface area (Å²) in [6, 6.07) is 5.44. The number of fused-ring (bicyclic) bond motifs is 1. The van der Waals surface area contributed by atoms with Crippen LogP contribution >= 0.6 is 22.9 Å². The lowest BCUT2D eigenvalue weighted by atomic mass is 9.96. The molecule has 1 aliphatic rings. The van der Waals surface area contributed by atoms with Gasteiger partial charge in [-0.3, -0.25) is 9.59 Å². The van der Waals surface area contributed by atoms with Gasteiger partial charge in [-0.05, 0) is 57.4 Å². The van der Waals surface area contributed by atoms with Crippen molar-refractivity contribution in [1.82, 2.24) is 4.57 Å². The first-order valence-electron chi connectivity index (χ1n) is 8.09. The number of nitrogens with zero attached hydrogens (tertiary/aromatic N) is 1. The Morgan fingerprint density at radius 1 is 1.38 bits per heavy atom. The van der Waals surface area contributed by atoms with E-state index >= 15 is 0 Å². The van der Waals surface area contributed by atoms with Crippen molar-refractivity contribution in [2.24, 2.45) is 0 Å². The minimum absolute atomic E-state index is 0.0338. The van der Waals surface area contributed by atoms with Crippen LogP contribution in [-0.2, 0) is 16.1 Å². The third-order valence-corrected chi connectivity index (χ3v) is 5.43. The fraction of sp³-hybridized carbons (Fsp3) is 0.444. The second-order valence-electron chi connectivity index (χ2n) is 6.37. The molecule has 0 fully saturated rings. The molecule has 128 valence electrons. The van der Waals surface area contributed by atoms with Crippen LogP contribution in [0, 0.1) is 6.92 Å². The highest BCUT2D eigenvalue weighted by Gasteiger charge is 2.33. The molecule has 6 heteroatoms. The molecule has 4 nitrogen and oxygen atoms in total. The van der Waals surface area contributed by atoms with Crippen molar-refractivity contribution in [3.05, 3.63) is 44.4 Å². The molecule has 0 N–H and O–H groups in total. The zero-order chi connectivity index (χ0) is 17.4. The summed E-state index contributed by atoms with van der Waals surface area (Å²) >= 11 is 7.24. The number of esters is 1. The van der Waals surface area contributed by atoms with Crippen molar-refractivity contribution in [3.8, 4) is 0 Å². The van der Waals surface area contributed by atoms with Crippen LogP contribution in [-0.4, -0.2) is 22.4 Å². The standard InChI is InChI=1S/C18H20ClNO3S/c1-10(2)23-18(22)12-5-4-8-20-13(12)9-11(3)16(20)17(21)14-6-7-15(19)24-14/h6-7,9-10,12H,4-5,8H2,1-3H3. The van der Waals surface area contributed by atoms with E-state index in [0.29, 0.717) is 14.9 Å². The molecular weight excluding hydrogens is 346 g/mol. The van der Waals surface area contributed by atoms with Gasteiger partial charge in [-0.15, -0.1) is 11.3 Å². The van der Waals surface area contributed by atoms with Gasteiger partial charge in [0.1, 0.15) is 0 Å². The van der Waals surface area contributed by atoms with Crippen molar-refractivity contribution in [2.75, 3.05) is 0 Å². The first-order valence-corrected chi connectivity index (χ1v) is 9.28. The lowest BCUT2D eigenvalue weighted by Gasteiger charge is -2.25. The molecule has 3 heterocycles. The van der Waals surface area contributed by atoms with E-state index in [4.69, 9.17) is 16.3 Å². The van der Waals surface area contributed by atoms with E-state index in [1.54, 1.807) is 12.1 Å². The first kappa shape index (κ1) is 17.2. The van der Waals surface area contributed by atoms with Gasteiger partial charge in [0.25, 0.3) is 0 Å². The second-order valence-corrected chi connectivity index (χ2v) is 8.08. The topological polar surface area (TPSA) is 48.3 Å². The number of carbonyl (C=O) groups is 2. The summed E-state index contributed by atoms with van der Waals surface area (Å²) < 4.78 is 7.98. The second kappa shape index (κ2) is 6.73. The number of thiophene rings is 1. The van der Waals surface area contributed by atoms with Crippen molar-refractivity contribution in [1.29, 1.82) is 0 Å². The van der Waals surface area contributed by atoms with E-state index in [1.807, 2.05) is 31.4 Å². The Morgan fingerprint density at radius 3 is 2.75 bits per heavy atom. The highest BCUT2D eigenvalue weighted by atomic mass is 35.5. The van der Waals surface area contributed by atoms with Crippen LogP contribution in [0.15, 0.2) is 18.2 Å². The molecule has 0 saturated carbocycles. The lowest BCUT2D eigenvalue weighted by molar-refractivity contribution is -0.149. The maximum atomic E-state index is 12.9. The molecule has 3 rings (SSSR count). The van der Waals surface area contributed by atoms with Crippen LogP contribution in [0.25, 0.3) is 0 Å². The summed E-state index contributed by atoms with van der Waals surface area (Å²) in [5.41, 5.74) is 2.43. The van der Waals surface area contributed by atoms with E-state index in [1.165, 1.54) is 11.3 Å². The van der Waals surface area contributed by atoms with Crippen molar-refractivity contribution >= 4 is 34.7 Å². The van der Waals surface area contributed by atoms with Crippen LogP contribution in [0.5, 0.6) is 0 Å². The zero-order valence-electron chi connectivity index (χ0n) is 14.0. The van der Waals surface area contributed by atoms with Crippen molar-refractivity contribution in [2.45, 2.75) is 52.2 Å². The summed E-state index contributed by atoms with van der Waals surface area (Å²) in [7, 11) is 0.